The van der Waals surface area contributed by atoms with E-state index < -0.39 is 0 Å². The summed E-state index contributed by atoms with van der Waals surface area (Å²) in [6.45, 7) is 0.920. The third kappa shape index (κ3) is 1.99. The zero-order chi connectivity index (χ0) is 10.7. The van der Waals surface area contributed by atoms with E-state index in [9.17, 15) is 4.79 Å². The first-order valence-electron chi connectivity index (χ1n) is 4.98. The topological polar surface area (TPSA) is 61.9 Å². The summed E-state index contributed by atoms with van der Waals surface area (Å²) in [4.78, 5) is 13.4. The molecule has 78 valence electrons. The number of carbonyl (C=O) groups excluding carboxylic acids is 1. The van der Waals surface area contributed by atoms with Gasteiger partial charge in [0.2, 0.25) is 5.91 Å². The fraction of sp³-hybridized carbons (Fsp3) is 0.500. The molecule has 1 atom stereocenters. The molecule has 0 aliphatic carbocycles. The standard InChI is InChI=1S/C10H12N4O/c11-7-9-3-1-6-14(9)10(15)8-13-5-2-4-12-13/h2,4-5,9H,1,3,6,8H2. The maximum absolute atomic E-state index is 11.8. The van der Waals surface area contributed by atoms with Crippen molar-refractivity contribution in [2.75, 3.05) is 6.54 Å². The number of carbonyl (C=O) groups is 1. The van der Waals surface area contributed by atoms with Crippen molar-refractivity contribution < 1.29 is 4.79 Å². The molecule has 0 N–H and O–H groups in total. The summed E-state index contributed by atoms with van der Waals surface area (Å²) in [7, 11) is 0. The average Bonchev–Trinajstić information content (AvgIpc) is 2.86. The van der Waals surface area contributed by atoms with Crippen LogP contribution in [0.1, 0.15) is 12.8 Å². The zero-order valence-corrected chi connectivity index (χ0v) is 8.33. The summed E-state index contributed by atoms with van der Waals surface area (Å²) >= 11 is 0. The van der Waals surface area contributed by atoms with Crippen LogP contribution < -0.4 is 0 Å². The van der Waals surface area contributed by atoms with Crippen LogP contribution in [0.4, 0.5) is 0 Å². The summed E-state index contributed by atoms with van der Waals surface area (Å²) in [5.41, 5.74) is 0. The van der Waals surface area contributed by atoms with Crippen LogP contribution in [0.25, 0.3) is 0 Å². The minimum absolute atomic E-state index is 0.0252. The maximum atomic E-state index is 11.8. The molecule has 1 fully saturated rings. The first kappa shape index (κ1) is 9.71. The lowest BCUT2D eigenvalue weighted by Gasteiger charge is -2.19. The van der Waals surface area contributed by atoms with Gasteiger partial charge < -0.3 is 4.90 Å². The van der Waals surface area contributed by atoms with Gasteiger partial charge in [-0.25, -0.2) is 0 Å². The van der Waals surface area contributed by atoms with Crippen molar-refractivity contribution in [2.45, 2.75) is 25.4 Å². The summed E-state index contributed by atoms with van der Waals surface area (Å²) in [6, 6.07) is 3.68. The number of rotatable bonds is 2. The van der Waals surface area contributed by atoms with E-state index in [1.807, 2.05) is 0 Å². The molecule has 2 heterocycles. The largest absolute Gasteiger partial charge is 0.325 e. The van der Waals surface area contributed by atoms with Gasteiger partial charge in [-0.2, -0.15) is 10.4 Å². The van der Waals surface area contributed by atoms with Crippen molar-refractivity contribution in [3.05, 3.63) is 18.5 Å². The fourth-order valence-electron chi connectivity index (χ4n) is 1.82. The van der Waals surface area contributed by atoms with Crippen LogP contribution in [-0.4, -0.2) is 33.2 Å². The Morgan fingerprint density at radius 2 is 2.53 bits per heavy atom. The first-order chi connectivity index (χ1) is 7.31. The molecule has 2 rings (SSSR count). The molecule has 1 aromatic rings. The Hall–Kier alpha value is -1.83. The van der Waals surface area contributed by atoms with Gasteiger partial charge in [0, 0.05) is 18.9 Å². The van der Waals surface area contributed by atoms with E-state index in [0.717, 1.165) is 12.8 Å². The van der Waals surface area contributed by atoms with Crippen molar-refractivity contribution in [3.8, 4) is 6.07 Å². The van der Waals surface area contributed by atoms with E-state index in [0.29, 0.717) is 6.54 Å². The van der Waals surface area contributed by atoms with Crippen LogP contribution in [0.15, 0.2) is 18.5 Å². The Labute approximate surface area is 87.9 Å². The van der Waals surface area contributed by atoms with Crippen molar-refractivity contribution in [1.29, 1.82) is 5.26 Å². The number of hydrogen-bond acceptors (Lipinski definition) is 3. The third-order valence-corrected chi connectivity index (χ3v) is 2.58. The molecule has 5 nitrogen and oxygen atoms in total. The number of amides is 1. The summed E-state index contributed by atoms with van der Waals surface area (Å²) in [5, 5.41) is 12.8. The Kier molecular flexibility index (Phi) is 2.68. The number of aromatic nitrogens is 2. The summed E-state index contributed by atoms with van der Waals surface area (Å²) in [6.07, 6.45) is 5.10. The van der Waals surface area contributed by atoms with Crippen LogP contribution in [0.3, 0.4) is 0 Å². The predicted octanol–water partition coefficient (Wildman–Crippen LogP) is 0.398. The molecule has 0 spiro atoms. The van der Waals surface area contributed by atoms with Crippen LogP contribution in [0.5, 0.6) is 0 Å². The van der Waals surface area contributed by atoms with Gasteiger partial charge in [0.05, 0.1) is 6.07 Å². The first-order valence-corrected chi connectivity index (χ1v) is 4.98. The molecule has 1 aromatic heterocycles. The maximum Gasteiger partial charge on any atom is 0.245 e. The molecule has 1 unspecified atom stereocenters. The highest BCUT2D eigenvalue weighted by Gasteiger charge is 2.28. The lowest BCUT2D eigenvalue weighted by atomic mass is 10.2. The molecule has 0 aromatic carbocycles. The lowest BCUT2D eigenvalue weighted by Crippen LogP contribution is -2.37. The van der Waals surface area contributed by atoms with Gasteiger partial charge in [-0.3, -0.25) is 9.48 Å². The molecule has 15 heavy (non-hydrogen) atoms. The molecule has 1 aliphatic rings. The quantitative estimate of drug-likeness (QED) is 0.700. The van der Waals surface area contributed by atoms with E-state index in [1.54, 1.807) is 28.0 Å². The second-order valence-electron chi connectivity index (χ2n) is 3.58. The van der Waals surface area contributed by atoms with Crippen molar-refractivity contribution in [2.24, 2.45) is 0 Å². The second-order valence-corrected chi connectivity index (χ2v) is 3.58. The summed E-state index contributed by atoms with van der Waals surface area (Å²) < 4.78 is 1.58. The SMILES string of the molecule is N#CC1CCCN1C(=O)Cn1cccn1. The van der Waals surface area contributed by atoms with E-state index in [1.165, 1.54) is 0 Å². The zero-order valence-electron chi connectivity index (χ0n) is 8.33. The van der Waals surface area contributed by atoms with E-state index in [4.69, 9.17) is 5.26 Å². The Morgan fingerprint density at radius 3 is 3.20 bits per heavy atom. The highest BCUT2D eigenvalue weighted by atomic mass is 16.2. The normalized spacial score (nSPS) is 20.2. The molecule has 1 saturated heterocycles. The predicted molar refractivity (Wildman–Crippen MR) is 52.6 cm³/mol. The molecule has 0 radical (unpaired) electrons. The highest BCUT2D eigenvalue weighted by Crippen LogP contribution is 2.16. The number of nitriles is 1. The molecular weight excluding hydrogens is 192 g/mol. The fourth-order valence-corrected chi connectivity index (χ4v) is 1.82. The minimum Gasteiger partial charge on any atom is -0.325 e. The van der Waals surface area contributed by atoms with Crippen LogP contribution in [0, 0.1) is 11.3 Å². The smallest absolute Gasteiger partial charge is 0.245 e. The van der Waals surface area contributed by atoms with Crippen molar-refractivity contribution >= 4 is 5.91 Å². The van der Waals surface area contributed by atoms with E-state index >= 15 is 0 Å². The molecule has 1 aliphatic heterocycles. The number of likely N-dealkylation sites (tertiary alicyclic amines) is 1. The van der Waals surface area contributed by atoms with Gasteiger partial charge in [-0.15, -0.1) is 0 Å². The molecule has 5 heteroatoms. The van der Waals surface area contributed by atoms with Gasteiger partial charge in [0.15, 0.2) is 0 Å². The summed E-state index contributed by atoms with van der Waals surface area (Å²) in [5.74, 6) is -0.0252. The van der Waals surface area contributed by atoms with Crippen LogP contribution in [-0.2, 0) is 11.3 Å². The van der Waals surface area contributed by atoms with Gasteiger partial charge in [0.1, 0.15) is 12.6 Å². The van der Waals surface area contributed by atoms with E-state index in [-0.39, 0.29) is 18.5 Å². The molecule has 0 saturated carbocycles. The average molecular weight is 204 g/mol. The van der Waals surface area contributed by atoms with Gasteiger partial charge >= 0.3 is 0 Å². The minimum atomic E-state index is -0.243. The Bertz CT molecular complexity index is 379. The van der Waals surface area contributed by atoms with Crippen LogP contribution >= 0.6 is 0 Å². The number of nitrogens with zero attached hydrogens (tertiary/aromatic N) is 4. The monoisotopic (exact) mass is 204 g/mol. The van der Waals surface area contributed by atoms with Gasteiger partial charge in [0.25, 0.3) is 0 Å². The molecule has 1 amide bonds. The number of hydrogen-bond donors (Lipinski definition) is 0. The lowest BCUT2D eigenvalue weighted by molar-refractivity contribution is -0.132. The molecule has 0 bridgehead atoms. The Balaban J connectivity index is 1.99. The van der Waals surface area contributed by atoms with Gasteiger partial charge in [-0.1, -0.05) is 0 Å². The Morgan fingerprint density at radius 1 is 1.67 bits per heavy atom. The third-order valence-electron chi connectivity index (χ3n) is 2.58. The van der Waals surface area contributed by atoms with Gasteiger partial charge in [-0.05, 0) is 18.9 Å². The highest BCUT2D eigenvalue weighted by molar-refractivity contribution is 5.76. The van der Waals surface area contributed by atoms with Crippen molar-refractivity contribution in [1.82, 2.24) is 14.7 Å². The van der Waals surface area contributed by atoms with Crippen molar-refractivity contribution in [3.63, 3.8) is 0 Å². The second kappa shape index (κ2) is 4.13. The van der Waals surface area contributed by atoms with E-state index in [2.05, 4.69) is 11.2 Å². The molecular formula is C10H12N4O. The van der Waals surface area contributed by atoms with Crippen LogP contribution in [0.2, 0.25) is 0 Å².